The molecule has 3 rings (SSSR count). The second kappa shape index (κ2) is 7.67. The third-order valence-electron chi connectivity index (χ3n) is 4.64. The molecule has 2 unspecified atom stereocenters. The number of halogens is 1. The Morgan fingerprint density at radius 3 is 2.64 bits per heavy atom. The first-order valence-corrected chi connectivity index (χ1v) is 9.40. The Labute approximate surface area is 168 Å². The van der Waals surface area contributed by atoms with Gasteiger partial charge in [0, 0.05) is 10.7 Å². The van der Waals surface area contributed by atoms with Gasteiger partial charge in [-0.25, -0.2) is 4.98 Å². The molecule has 0 spiro atoms. The van der Waals surface area contributed by atoms with Gasteiger partial charge in [-0.2, -0.15) is 0 Å². The normalized spacial score (nSPS) is 17.1. The number of benzene rings is 1. The largest absolute Gasteiger partial charge is 0.476 e. The molecular formula is C20H23ClN4O3. The summed E-state index contributed by atoms with van der Waals surface area (Å²) in [4.78, 5) is 31.5. The highest BCUT2D eigenvalue weighted by Gasteiger charge is 2.41. The van der Waals surface area contributed by atoms with Gasteiger partial charge >= 0.3 is 0 Å². The molecule has 148 valence electrons. The number of aromatic nitrogens is 1. The molecule has 0 bridgehead atoms. The molecule has 0 aliphatic carbocycles. The number of carbonyl (C=O) groups excluding carboxylic acids is 2. The van der Waals surface area contributed by atoms with Crippen molar-refractivity contribution in [3.05, 3.63) is 40.9 Å². The van der Waals surface area contributed by atoms with Crippen LogP contribution in [0.3, 0.4) is 0 Å². The Kier molecular flexibility index (Phi) is 5.47. The molecule has 28 heavy (non-hydrogen) atoms. The second-order valence-electron chi connectivity index (χ2n) is 7.18. The predicted molar refractivity (Wildman–Crippen MR) is 110 cm³/mol. The maximum atomic E-state index is 13.1. The average molecular weight is 403 g/mol. The summed E-state index contributed by atoms with van der Waals surface area (Å²) in [5.41, 5.74) is 7.25. The minimum atomic E-state index is -0.828. The highest BCUT2D eigenvalue weighted by molar-refractivity contribution is 6.31. The van der Waals surface area contributed by atoms with Gasteiger partial charge in [-0.05, 0) is 49.6 Å². The van der Waals surface area contributed by atoms with Gasteiger partial charge in [0.2, 0.25) is 5.91 Å². The summed E-state index contributed by atoms with van der Waals surface area (Å²) >= 11 is 6.13. The number of amides is 2. The first kappa shape index (κ1) is 19.9. The van der Waals surface area contributed by atoms with Crippen molar-refractivity contribution < 1.29 is 14.3 Å². The van der Waals surface area contributed by atoms with Crippen LogP contribution in [0.15, 0.2) is 30.3 Å². The highest BCUT2D eigenvalue weighted by Crippen LogP contribution is 2.36. The van der Waals surface area contributed by atoms with Crippen LogP contribution in [0.4, 0.5) is 17.3 Å². The summed E-state index contributed by atoms with van der Waals surface area (Å²) in [5, 5.41) is 3.35. The van der Waals surface area contributed by atoms with E-state index in [0.717, 1.165) is 5.56 Å². The smallest absolute Gasteiger partial charge is 0.270 e. The van der Waals surface area contributed by atoms with Gasteiger partial charge in [0.15, 0.2) is 17.7 Å². The molecule has 2 heterocycles. The van der Waals surface area contributed by atoms with Crippen molar-refractivity contribution in [2.75, 3.05) is 16.0 Å². The predicted octanol–water partition coefficient (Wildman–Crippen LogP) is 3.40. The Morgan fingerprint density at radius 1 is 1.29 bits per heavy atom. The topological polar surface area (TPSA) is 97.5 Å². The van der Waals surface area contributed by atoms with Crippen LogP contribution in [0.1, 0.15) is 26.3 Å². The van der Waals surface area contributed by atoms with Crippen LogP contribution in [0.25, 0.3) is 0 Å². The Hall–Kier alpha value is -2.80. The van der Waals surface area contributed by atoms with Crippen molar-refractivity contribution in [1.29, 1.82) is 0 Å². The fourth-order valence-corrected chi connectivity index (χ4v) is 3.15. The van der Waals surface area contributed by atoms with Crippen LogP contribution in [0.2, 0.25) is 5.02 Å². The van der Waals surface area contributed by atoms with Gasteiger partial charge in [0.05, 0.1) is 0 Å². The Bertz CT molecular complexity index is 932. The number of hydrogen-bond acceptors (Lipinski definition) is 5. The SMILES string of the molecule is Cc1ccc(NC(=O)C(C)N2C(=O)C(C(C)C)Oc3ccc(N)nc32)cc1Cl. The Morgan fingerprint density at radius 2 is 2.00 bits per heavy atom. The van der Waals surface area contributed by atoms with Crippen molar-refractivity contribution in [3.8, 4) is 5.75 Å². The number of carbonyl (C=O) groups is 2. The van der Waals surface area contributed by atoms with Crippen LogP contribution in [0.5, 0.6) is 5.75 Å². The summed E-state index contributed by atoms with van der Waals surface area (Å²) in [5.74, 6) is 0.128. The van der Waals surface area contributed by atoms with E-state index in [0.29, 0.717) is 16.5 Å². The first-order chi connectivity index (χ1) is 13.2. The van der Waals surface area contributed by atoms with Gasteiger partial charge in [-0.3, -0.25) is 14.5 Å². The Balaban J connectivity index is 1.92. The maximum Gasteiger partial charge on any atom is 0.270 e. The second-order valence-corrected chi connectivity index (χ2v) is 7.58. The van der Waals surface area contributed by atoms with E-state index < -0.39 is 12.1 Å². The van der Waals surface area contributed by atoms with Crippen molar-refractivity contribution in [2.24, 2.45) is 5.92 Å². The summed E-state index contributed by atoms with van der Waals surface area (Å²) in [6.07, 6.45) is -0.706. The fourth-order valence-electron chi connectivity index (χ4n) is 2.97. The lowest BCUT2D eigenvalue weighted by atomic mass is 10.0. The molecule has 1 aliphatic heterocycles. The molecule has 0 saturated carbocycles. The number of ether oxygens (including phenoxy) is 1. The lowest BCUT2D eigenvalue weighted by molar-refractivity contribution is -0.130. The van der Waals surface area contributed by atoms with Crippen LogP contribution in [-0.2, 0) is 9.59 Å². The zero-order valence-electron chi connectivity index (χ0n) is 16.2. The monoisotopic (exact) mass is 402 g/mol. The highest BCUT2D eigenvalue weighted by atomic mass is 35.5. The molecular weight excluding hydrogens is 380 g/mol. The van der Waals surface area contributed by atoms with E-state index in [1.807, 2.05) is 26.8 Å². The molecule has 3 N–H and O–H groups in total. The third-order valence-corrected chi connectivity index (χ3v) is 5.04. The van der Waals surface area contributed by atoms with Crippen LogP contribution >= 0.6 is 11.6 Å². The lowest BCUT2D eigenvalue weighted by Crippen LogP contribution is -2.55. The van der Waals surface area contributed by atoms with Gasteiger partial charge in [-0.1, -0.05) is 31.5 Å². The summed E-state index contributed by atoms with van der Waals surface area (Å²) in [7, 11) is 0. The number of aryl methyl sites for hydroxylation is 1. The van der Waals surface area contributed by atoms with Crippen LogP contribution in [-0.4, -0.2) is 28.9 Å². The number of fused-ring (bicyclic) bond motifs is 1. The fraction of sp³-hybridized carbons (Fsp3) is 0.350. The van der Waals surface area contributed by atoms with E-state index in [9.17, 15) is 9.59 Å². The van der Waals surface area contributed by atoms with Crippen LogP contribution in [0, 0.1) is 12.8 Å². The molecule has 2 aromatic rings. The quantitative estimate of drug-likeness (QED) is 0.816. The zero-order chi connectivity index (χ0) is 20.6. The molecule has 0 saturated heterocycles. The van der Waals surface area contributed by atoms with Crippen LogP contribution < -0.4 is 20.7 Å². The molecule has 1 aromatic carbocycles. The van der Waals surface area contributed by atoms with Gasteiger partial charge in [0.25, 0.3) is 5.91 Å². The number of pyridine rings is 1. The molecule has 2 amide bonds. The molecule has 2 atom stereocenters. The van der Waals surface area contributed by atoms with Crippen molar-refractivity contribution >= 4 is 40.7 Å². The van der Waals surface area contributed by atoms with E-state index >= 15 is 0 Å². The third kappa shape index (κ3) is 3.75. The van der Waals surface area contributed by atoms with Gasteiger partial charge in [0.1, 0.15) is 11.9 Å². The van der Waals surface area contributed by atoms with E-state index in [4.69, 9.17) is 22.1 Å². The summed E-state index contributed by atoms with van der Waals surface area (Å²) in [6.45, 7) is 7.29. The van der Waals surface area contributed by atoms with Crippen molar-refractivity contribution in [2.45, 2.75) is 39.8 Å². The first-order valence-electron chi connectivity index (χ1n) is 9.02. The number of hydrogen-bond donors (Lipinski definition) is 2. The van der Waals surface area contributed by atoms with Crippen molar-refractivity contribution in [3.63, 3.8) is 0 Å². The van der Waals surface area contributed by atoms with Crippen molar-refractivity contribution in [1.82, 2.24) is 4.98 Å². The standard InChI is InChI=1S/C20H23ClN4O3/c1-10(2)17-20(27)25(18-15(28-17)7-8-16(22)24-18)12(4)19(26)23-13-6-5-11(3)14(21)9-13/h5-10,12,17H,1-4H3,(H2,22,24)(H,23,26). The lowest BCUT2D eigenvalue weighted by Gasteiger charge is -2.37. The minimum Gasteiger partial charge on any atom is -0.476 e. The zero-order valence-corrected chi connectivity index (χ0v) is 16.9. The maximum absolute atomic E-state index is 13.1. The molecule has 1 aliphatic rings. The average Bonchev–Trinajstić information content (AvgIpc) is 2.63. The number of nitrogens with one attached hydrogen (secondary N) is 1. The number of nitrogens with zero attached hydrogens (tertiary/aromatic N) is 2. The van der Waals surface area contributed by atoms with E-state index in [1.165, 1.54) is 4.90 Å². The number of nitrogens with two attached hydrogens (primary N) is 1. The van der Waals surface area contributed by atoms with E-state index in [-0.39, 0.29) is 29.4 Å². The van der Waals surface area contributed by atoms with Gasteiger partial charge < -0.3 is 15.8 Å². The van der Waals surface area contributed by atoms with Gasteiger partial charge in [-0.15, -0.1) is 0 Å². The molecule has 7 nitrogen and oxygen atoms in total. The molecule has 1 aromatic heterocycles. The number of nitrogen functional groups attached to an aromatic ring is 1. The summed E-state index contributed by atoms with van der Waals surface area (Å²) in [6, 6.07) is 7.68. The van der Waals surface area contributed by atoms with E-state index in [2.05, 4.69) is 10.3 Å². The van der Waals surface area contributed by atoms with E-state index in [1.54, 1.807) is 31.2 Å². The molecule has 0 fully saturated rings. The molecule has 0 radical (unpaired) electrons. The molecule has 8 heteroatoms. The number of rotatable bonds is 4. The number of anilines is 3. The minimum absolute atomic E-state index is 0.0770. The summed E-state index contributed by atoms with van der Waals surface area (Å²) < 4.78 is 5.81.